The van der Waals surface area contributed by atoms with Gasteiger partial charge in [0.25, 0.3) is 0 Å². The van der Waals surface area contributed by atoms with E-state index in [4.69, 9.17) is 16.7 Å². The van der Waals surface area contributed by atoms with Gasteiger partial charge in [0.1, 0.15) is 0 Å². The van der Waals surface area contributed by atoms with Gasteiger partial charge in [-0.05, 0) is 24.6 Å². The zero-order valence-corrected chi connectivity index (χ0v) is 10.7. The van der Waals surface area contributed by atoms with Crippen LogP contribution in [0.25, 0.3) is 10.4 Å². The predicted octanol–water partition coefficient (Wildman–Crippen LogP) is 3.40. The number of carboxylic acids is 1. The third-order valence-electron chi connectivity index (χ3n) is 2.21. The minimum atomic E-state index is -0.876. The summed E-state index contributed by atoms with van der Waals surface area (Å²) in [5.41, 5.74) is 1.52. The molecule has 5 heteroatoms. The second-order valence-corrected chi connectivity index (χ2v) is 5.23. The van der Waals surface area contributed by atoms with Crippen molar-refractivity contribution in [3.63, 3.8) is 0 Å². The van der Waals surface area contributed by atoms with E-state index in [2.05, 4.69) is 4.98 Å². The molecule has 0 unspecified atom stereocenters. The van der Waals surface area contributed by atoms with Gasteiger partial charge in [-0.1, -0.05) is 23.7 Å². The SMILES string of the molecule is Cc1nc(CC(=O)O)c(-c2cccc(Cl)c2)s1. The highest BCUT2D eigenvalue weighted by atomic mass is 35.5. The molecule has 0 aliphatic carbocycles. The number of nitrogens with zero attached hydrogens (tertiary/aromatic N) is 1. The largest absolute Gasteiger partial charge is 0.481 e. The molecule has 0 radical (unpaired) electrons. The van der Waals surface area contributed by atoms with E-state index in [-0.39, 0.29) is 6.42 Å². The number of carbonyl (C=O) groups is 1. The molecule has 2 aromatic rings. The zero-order chi connectivity index (χ0) is 12.4. The van der Waals surface area contributed by atoms with E-state index in [1.54, 1.807) is 6.07 Å². The molecule has 17 heavy (non-hydrogen) atoms. The first-order chi connectivity index (χ1) is 8.06. The van der Waals surface area contributed by atoms with Gasteiger partial charge in [-0.2, -0.15) is 0 Å². The van der Waals surface area contributed by atoms with Gasteiger partial charge in [0.05, 0.1) is 22.0 Å². The van der Waals surface area contributed by atoms with E-state index in [9.17, 15) is 4.79 Å². The molecule has 0 saturated heterocycles. The van der Waals surface area contributed by atoms with Crippen molar-refractivity contribution < 1.29 is 9.90 Å². The third kappa shape index (κ3) is 2.84. The lowest BCUT2D eigenvalue weighted by molar-refractivity contribution is -0.136. The van der Waals surface area contributed by atoms with Crippen molar-refractivity contribution in [1.82, 2.24) is 4.98 Å². The fourth-order valence-corrected chi connectivity index (χ4v) is 2.71. The average Bonchev–Trinajstić information content (AvgIpc) is 2.58. The highest BCUT2D eigenvalue weighted by Gasteiger charge is 2.14. The summed E-state index contributed by atoms with van der Waals surface area (Å²) in [5.74, 6) is -0.876. The van der Waals surface area contributed by atoms with Gasteiger partial charge in [0, 0.05) is 5.02 Å². The lowest BCUT2D eigenvalue weighted by Gasteiger charge is -2.00. The first-order valence-corrected chi connectivity index (χ1v) is 6.20. The smallest absolute Gasteiger partial charge is 0.309 e. The number of halogens is 1. The molecule has 88 valence electrons. The van der Waals surface area contributed by atoms with Gasteiger partial charge in [-0.3, -0.25) is 4.79 Å². The number of aliphatic carboxylic acids is 1. The number of hydrogen-bond acceptors (Lipinski definition) is 3. The summed E-state index contributed by atoms with van der Waals surface area (Å²) in [6.07, 6.45) is -0.0633. The second kappa shape index (κ2) is 4.85. The van der Waals surface area contributed by atoms with E-state index in [0.717, 1.165) is 15.4 Å². The summed E-state index contributed by atoms with van der Waals surface area (Å²) in [5, 5.41) is 10.3. The molecule has 0 saturated carbocycles. The van der Waals surface area contributed by atoms with Crippen LogP contribution < -0.4 is 0 Å². The van der Waals surface area contributed by atoms with Crippen LogP contribution in [-0.2, 0) is 11.2 Å². The number of carboxylic acid groups (broad SMARTS) is 1. The summed E-state index contributed by atoms with van der Waals surface area (Å²) in [6, 6.07) is 7.36. The predicted molar refractivity (Wildman–Crippen MR) is 68.6 cm³/mol. The van der Waals surface area contributed by atoms with Crippen LogP contribution in [0.1, 0.15) is 10.7 Å². The van der Waals surface area contributed by atoms with Crippen molar-refractivity contribution in [3.8, 4) is 10.4 Å². The van der Waals surface area contributed by atoms with Gasteiger partial charge < -0.3 is 5.11 Å². The molecular weight excluding hydrogens is 258 g/mol. The summed E-state index contributed by atoms with van der Waals surface area (Å²) in [6.45, 7) is 1.87. The molecule has 0 aliphatic rings. The van der Waals surface area contributed by atoms with Crippen molar-refractivity contribution in [2.24, 2.45) is 0 Å². The Morgan fingerprint density at radius 3 is 2.94 bits per heavy atom. The maximum Gasteiger partial charge on any atom is 0.309 e. The monoisotopic (exact) mass is 267 g/mol. The second-order valence-electron chi connectivity index (χ2n) is 3.59. The Kier molecular flexibility index (Phi) is 3.45. The van der Waals surface area contributed by atoms with Crippen molar-refractivity contribution >= 4 is 28.9 Å². The summed E-state index contributed by atoms with van der Waals surface area (Å²) < 4.78 is 0. The molecule has 1 N–H and O–H groups in total. The van der Waals surface area contributed by atoms with E-state index in [1.165, 1.54) is 11.3 Å². The lowest BCUT2D eigenvalue weighted by Crippen LogP contribution is -2.01. The van der Waals surface area contributed by atoms with Gasteiger partial charge >= 0.3 is 5.97 Å². The van der Waals surface area contributed by atoms with Crippen molar-refractivity contribution in [2.75, 3.05) is 0 Å². The molecule has 1 aromatic carbocycles. The van der Waals surface area contributed by atoms with Crippen molar-refractivity contribution in [1.29, 1.82) is 0 Å². The molecule has 1 aromatic heterocycles. The molecule has 0 fully saturated rings. The Hall–Kier alpha value is -1.39. The zero-order valence-electron chi connectivity index (χ0n) is 9.11. The van der Waals surface area contributed by atoms with Crippen molar-refractivity contribution in [2.45, 2.75) is 13.3 Å². The summed E-state index contributed by atoms with van der Waals surface area (Å²) in [7, 11) is 0. The molecular formula is C12H10ClNO2S. The van der Waals surface area contributed by atoms with Gasteiger partial charge in [0.2, 0.25) is 0 Å². The number of aryl methyl sites for hydroxylation is 1. The van der Waals surface area contributed by atoms with Crippen LogP contribution in [0.3, 0.4) is 0 Å². The first-order valence-electron chi connectivity index (χ1n) is 5.00. The standard InChI is InChI=1S/C12H10ClNO2S/c1-7-14-10(6-11(15)16)12(17-7)8-3-2-4-9(13)5-8/h2-5H,6H2,1H3,(H,15,16). The third-order valence-corrected chi connectivity index (χ3v) is 3.51. The van der Waals surface area contributed by atoms with Crippen LogP contribution in [-0.4, -0.2) is 16.1 Å². The Morgan fingerprint density at radius 1 is 1.53 bits per heavy atom. The van der Waals surface area contributed by atoms with Crippen LogP contribution in [0.15, 0.2) is 24.3 Å². The van der Waals surface area contributed by atoms with Crippen LogP contribution in [0, 0.1) is 6.92 Å². The van der Waals surface area contributed by atoms with Crippen LogP contribution in [0.5, 0.6) is 0 Å². The molecule has 0 atom stereocenters. The highest BCUT2D eigenvalue weighted by molar-refractivity contribution is 7.15. The van der Waals surface area contributed by atoms with Gasteiger partial charge in [-0.25, -0.2) is 4.98 Å². The molecule has 0 aliphatic heterocycles. The Labute approximate surface area is 108 Å². The highest BCUT2D eigenvalue weighted by Crippen LogP contribution is 2.31. The quantitative estimate of drug-likeness (QED) is 0.927. The van der Waals surface area contributed by atoms with E-state index in [0.29, 0.717) is 10.7 Å². The topological polar surface area (TPSA) is 50.2 Å². The molecule has 0 amide bonds. The number of benzene rings is 1. The fourth-order valence-electron chi connectivity index (χ4n) is 1.59. The maximum absolute atomic E-state index is 10.8. The normalized spacial score (nSPS) is 10.5. The fraction of sp³-hybridized carbons (Fsp3) is 0.167. The summed E-state index contributed by atoms with van der Waals surface area (Å²) >= 11 is 7.41. The number of aromatic nitrogens is 1. The number of rotatable bonds is 3. The van der Waals surface area contributed by atoms with Crippen molar-refractivity contribution in [3.05, 3.63) is 40.0 Å². The van der Waals surface area contributed by atoms with Crippen LogP contribution >= 0.6 is 22.9 Å². The molecule has 3 nitrogen and oxygen atoms in total. The minimum Gasteiger partial charge on any atom is -0.481 e. The Morgan fingerprint density at radius 2 is 2.29 bits per heavy atom. The molecule has 1 heterocycles. The molecule has 0 spiro atoms. The van der Waals surface area contributed by atoms with Gasteiger partial charge in [0.15, 0.2) is 0 Å². The van der Waals surface area contributed by atoms with E-state index < -0.39 is 5.97 Å². The maximum atomic E-state index is 10.8. The van der Waals surface area contributed by atoms with E-state index >= 15 is 0 Å². The van der Waals surface area contributed by atoms with Crippen LogP contribution in [0.2, 0.25) is 5.02 Å². The first kappa shape index (κ1) is 12.1. The summed E-state index contributed by atoms with van der Waals surface area (Å²) in [4.78, 5) is 15.9. The minimum absolute atomic E-state index is 0.0633. The molecule has 0 bridgehead atoms. The average molecular weight is 268 g/mol. The van der Waals surface area contributed by atoms with Gasteiger partial charge in [-0.15, -0.1) is 11.3 Å². The van der Waals surface area contributed by atoms with E-state index in [1.807, 2.05) is 25.1 Å². The Balaban J connectivity index is 2.47. The number of hydrogen-bond donors (Lipinski definition) is 1. The Bertz CT molecular complexity index is 565. The van der Waals surface area contributed by atoms with Crippen LogP contribution in [0.4, 0.5) is 0 Å². The lowest BCUT2D eigenvalue weighted by atomic mass is 10.1. The molecule has 2 rings (SSSR count). The number of thiazole rings is 1.